The summed E-state index contributed by atoms with van der Waals surface area (Å²) < 4.78 is 0. The van der Waals surface area contributed by atoms with Gasteiger partial charge < -0.3 is 10.2 Å². The van der Waals surface area contributed by atoms with E-state index in [9.17, 15) is 0 Å². The van der Waals surface area contributed by atoms with Crippen LogP contribution in [0.4, 0.5) is 0 Å². The number of likely N-dealkylation sites (tertiary alicyclic amines) is 1. The van der Waals surface area contributed by atoms with Gasteiger partial charge in [0.1, 0.15) is 0 Å². The molecule has 3 rings (SSSR count). The molecule has 2 nitrogen and oxygen atoms in total. The Morgan fingerprint density at radius 1 is 1.00 bits per heavy atom. The van der Waals surface area contributed by atoms with E-state index in [0.29, 0.717) is 5.54 Å². The normalized spacial score (nSPS) is 37.7. The van der Waals surface area contributed by atoms with Crippen molar-refractivity contribution in [3.8, 4) is 0 Å². The van der Waals surface area contributed by atoms with Crippen LogP contribution in [0.25, 0.3) is 0 Å². The monoisotopic (exact) mass is 250 g/mol. The molecule has 2 unspecified atom stereocenters. The highest BCUT2D eigenvalue weighted by molar-refractivity contribution is 4.93. The first-order chi connectivity index (χ1) is 8.70. The number of rotatable bonds is 3. The second kappa shape index (κ2) is 5.13. The van der Waals surface area contributed by atoms with Crippen LogP contribution in [0, 0.1) is 11.8 Å². The molecule has 1 aliphatic heterocycles. The summed E-state index contributed by atoms with van der Waals surface area (Å²) in [6.07, 6.45) is 11.7. The lowest BCUT2D eigenvalue weighted by atomic mass is 9.80. The average Bonchev–Trinajstić information content (AvgIpc) is 3.24. The molecule has 0 aromatic carbocycles. The predicted molar refractivity (Wildman–Crippen MR) is 76.7 cm³/mol. The molecule has 0 aromatic rings. The lowest BCUT2D eigenvalue weighted by Gasteiger charge is -2.45. The maximum Gasteiger partial charge on any atom is 0.0174 e. The first kappa shape index (κ1) is 12.9. The zero-order valence-electron chi connectivity index (χ0n) is 12.3. The SMILES string of the molecule is CNC1(C)CCN(C2CCCC(C3CC3)C2)CC1. The van der Waals surface area contributed by atoms with Gasteiger partial charge in [-0.1, -0.05) is 12.8 Å². The summed E-state index contributed by atoms with van der Waals surface area (Å²) in [5.41, 5.74) is 0.404. The molecular formula is C16H30N2. The van der Waals surface area contributed by atoms with Crippen LogP contribution in [0.15, 0.2) is 0 Å². The van der Waals surface area contributed by atoms with Crippen LogP contribution in [-0.4, -0.2) is 36.6 Å². The van der Waals surface area contributed by atoms with Gasteiger partial charge in [-0.2, -0.15) is 0 Å². The highest BCUT2D eigenvalue weighted by atomic mass is 15.2. The molecular weight excluding hydrogens is 220 g/mol. The second-order valence-electron chi connectivity index (χ2n) is 7.26. The highest BCUT2D eigenvalue weighted by Crippen LogP contribution is 2.45. The predicted octanol–water partition coefficient (Wildman–Crippen LogP) is 3.03. The van der Waals surface area contributed by atoms with Crippen LogP contribution in [0.3, 0.4) is 0 Å². The van der Waals surface area contributed by atoms with Crippen LogP contribution in [0.5, 0.6) is 0 Å². The van der Waals surface area contributed by atoms with Gasteiger partial charge in [0.05, 0.1) is 0 Å². The minimum absolute atomic E-state index is 0.404. The zero-order chi connectivity index (χ0) is 12.6. The van der Waals surface area contributed by atoms with E-state index in [1.54, 1.807) is 0 Å². The Hall–Kier alpha value is -0.0800. The van der Waals surface area contributed by atoms with Gasteiger partial charge in [0.2, 0.25) is 0 Å². The summed E-state index contributed by atoms with van der Waals surface area (Å²) in [6, 6.07) is 0.922. The summed E-state index contributed by atoms with van der Waals surface area (Å²) in [5.74, 6) is 2.21. The zero-order valence-corrected chi connectivity index (χ0v) is 12.3. The molecule has 1 N–H and O–H groups in total. The summed E-state index contributed by atoms with van der Waals surface area (Å²) >= 11 is 0. The molecule has 2 aliphatic carbocycles. The molecule has 104 valence electrons. The van der Waals surface area contributed by atoms with Gasteiger partial charge in [-0.05, 0) is 64.3 Å². The van der Waals surface area contributed by atoms with Crippen molar-refractivity contribution < 1.29 is 0 Å². The third-order valence-electron chi connectivity index (χ3n) is 6.00. The number of hydrogen-bond donors (Lipinski definition) is 1. The number of piperidine rings is 1. The van der Waals surface area contributed by atoms with Crippen molar-refractivity contribution in [3.05, 3.63) is 0 Å². The maximum atomic E-state index is 3.51. The van der Waals surface area contributed by atoms with Crippen LogP contribution < -0.4 is 5.32 Å². The average molecular weight is 250 g/mol. The van der Waals surface area contributed by atoms with Crippen molar-refractivity contribution >= 4 is 0 Å². The van der Waals surface area contributed by atoms with Crippen molar-refractivity contribution in [1.29, 1.82) is 0 Å². The number of hydrogen-bond acceptors (Lipinski definition) is 2. The van der Waals surface area contributed by atoms with E-state index in [0.717, 1.165) is 17.9 Å². The lowest BCUT2D eigenvalue weighted by Crippen LogP contribution is -2.53. The maximum absolute atomic E-state index is 3.51. The summed E-state index contributed by atoms with van der Waals surface area (Å²) in [4.78, 5) is 2.81. The topological polar surface area (TPSA) is 15.3 Å². The van der Waals surface area contributed by atoms with E-state index in [1.165, 1.54) is 64.5 Å². The molecule has 2 atom stereocenters. The molecule has 0 aromatic heterocycles. The van der Waals surface area contributed by atoms with E-state index in [-0.39, 0.29) is 0 Å². The number of nitrogens with zero attached hydrogens (tertiary/aromatic N) is 1. The van der Waals surface area contributed by atoms with E-state index < -0.39 is 0 Å². The standard InChI is InChI=1S/C16H30N2/c1-16(17-2)8-10-18(11-9-16)15-5-3-4-14(12-15)13-6-7-13/h13-15,17H,3-12H2,1-2H3. The molecule has 1 heterocycles. The van der Waals surface area contributed by atoms with Crippen LogP contribution in [0.2, 0.25) is 0 Å². The van der Waals surface area contributed by atoms with Gasteiger partial charge in [0.15, 0.2) is 0 Å². The van der Waals surface area contributed by atoms with Gasteiger partial charge in [0.25, 0.3) is 0 Å². The van der Waals surface area contributed by atoms with Crippen LogP contribution in [0.1, 0.15) is 58.3 Å². The lowest BCUT2D eigenvalue weighted by molar-refractivity contribution is 0.0721. The van der Waals surface area contributed by atoms with Gasteiger partial charge in [0, 0.05) is 24.7 Å². The summed E-state index contributed by atoms with van der Waals surface area (Å²) in [6.45, 7) is 5.02. The Balaban J connectivity index is 1.52. The molecule has 3 fully saturated rings. The third-order valence-corrected chi connectivity index (χ3v) is 6.00. The quantitative estimate of drug-likeness (QED) is 0.828. The molecule has 18 heavy (non-hydrogen) atoms. The van der Waals surface area contributed by atoms with Gasteiger partial charge >= 0.3 is 0 Å². The molecule has 0 bridgehead atoms. The van der Waals surface area contributed by atoms with E-state index >= 15 is 0 Å². The minimum Gasteiger partial charge on any atom is -0.314 e. The van der Waals surface area contributed by atoms with E-state index in [1.807, 2.05) is 0 Å². The fourth-order valence-electron chi connectivity index (χ4n) is 4.16. The number of nitrogens with one attached hydrogen (secondary N) is 1. The largest absolute Gasteiger partial charge is 0.314 e. The molecule has 2 heteroatoms. The second-order valence-corrected chi connectivity index (χ2v) is 7.26. The van der Waals surface area contributed by atoms with Gasteiger partial charge in [-0.3, -0.25) is 0 Å². The minimum atomic E-state index is 0.404. The third kappa shape index (κ3) is 2.75. The van der Waals surface area contributed by atoms with E-state index in [2.05, 4.69) is 24.2 Å². The van der Waals surface area contributed by atoms with Gasteiger partial charge in [-0.15, -0.1) is 0 Å². The molecule has 2 saturated carbocycles. The van der Waals surface area contributed by atoms with Crippen molar-refractivity contribution in [2.45, 2.75) is 69.9 Å². The van der Waals surface area contributed by atoms with Crippen LogP contribution >= 0.6 is 0 Å². The highest BCUT2D eigenvalue weighted by Gasteiger charge is 2.38. The Morgan fingerprint density at radius 2 is 1.72 bits per heavy atom. The first-order valence-corrected chi connectivity index (χ1v) is 8.13. The van der Waals surface area contributed by atoms with Crippen LogP contribution in [-0.2, 0) is 0 Å². The molecule has 3 aliphatic rings. The Morgan fingerprint density at radius 3 is 2.33 bits per heavy atom. The molecule has 0 amide bonds. The van der Waals surface area contributed by atoms with Gasteiger partial charge in [-0.25, -0.2) is 0 Å². The fourth-order valence-corrected chi connectivity index (χ4v) is 4.16. The summed E-state index contributed by atoms with van der Waals surface area (Å²) in [7, 11) is 2.12. The molecule has 0 spiro atoms. The molecule has 0 radical (unpaired) electrons. The van der Waals surface area contributed by atoms with E-state index in [4.69, 9.17) is 0 Å². The Bertz CT molecular complexity index is 277. The Labute approximate surface area is 113 Å². The fraction of sp³-hybridized carbons (Fsp3) is 1.00. The van der Waals surface area contributed by atoms with Crippen molar-refractivity contribution in [2.24, 2.45) is 11.8 Å². The Kier molecular flexibility index (Phi) is 3.68. The summed E-state index contributed by atoms with van der Waals surface area (Å²) in [5, 5.41) is 3.51. The first-order valence-electron chi connectivity index (χ1n) is 8.13. The van der Waals surface area contributed by atoms with Crippen molar-refractivity contribution in [3.63, 3.8) is 0 Å². The van der Waals surface area contributed by atoms with Crippen molar-refractivity contribution in [1.82, 2.24) is 10.2 Å². The van der Waals surface area contributed by atoms with Crippen molar-refractivity contribution in [2.75, 3.05) is 20.1 Å². The molecule has 1 saturated heterocycles. The smallest absolute Gasteiger partial charge is 0.0174 e.